The number of alkyl halides is 2. The molecular formula is C15H12ClF3N2O2. The minimum absolute atomic E-state index is 0.0102. The molecule has 8 heteroatoms. The van der Waals surface area contributed by atoms with Crippen LogP contribution in [-0.2, 0) is 4.79 Å². The third kappa shape index (κ3) is 5.37. The van der Waals surface area contributed by atoms with Crippen LogP contribution in [0, 0.1) is 5.82 Å². The summed E-state index contributed by atoms with van der Waals surface area (Å²) < 4.78 is 41.7. The van der Waals surface area contributed by atoms with Gasteiger partial charge in [0.2, 0.25) is 5.91 Å². The largest absolute Gasteiger partial charge is 0.435 e. The van der Waals surface area contributed by atoms with Gasteiger partial charge >= 0.3 is 6.61 Å². The van der Waals surface area contributed by atoms with Gasteiger partial charge in [0.15, 0.2) is 0 Å². The van der Waals surface area contributed by atoms with Crippen molar-refractivity contribution < 1.29 is 22.7 Å². The summed E-state index contributed by atoms with van der Waals surface area (Å²) in [7, 11) is 0. The van der Waals surface area contributed by atoms with Crippen LogP contribution in [0.4, 0.5) is 24.5 Å². The second-order valence-electron chi connectivity index (χ2n) is 4.43. The number of carbonyl (C=O) groups excluding carboxylic acids is 1. The maximum atomic E-state index is 13.5. The number of hydrogen-bond donors (Lipinski definition) is 2. The van der Waals surface area contributed by atoms with Crippen LogP contribution in [0.5, 0.6) is 5.75 Å². The van der Waals surface area contributed by atoms with Crippen molar-refractivity contribution in [1.82, 2.24) is 0 Å². The van der Waals surface area contributed by atoms with Crippen LogP contribution in [0.15, 0.2) is 42.5 Å². The Balaban J connectivity index is 1.88. The molecule has 0 aromatic heterocycles. The molecule has 0 spiro atoms. The van der Waals surface area contributed by atoms with Crippen molar-refractivity contribution in [2.75, 3.05) is 17.2 Å². The van der Waals surface area contributed by atoms with Crippen LogP contribution < -0.4 is 15.4 Å². The van der Waals surface area contributed by atoms with Crippen molar-refractivity contribution in [3.63, 3.8) is 0 Å². The van der Waals surface area contributed by atoms with Gasteiger partial charge in [0.05, 0.1) is 12.2 Å². The predicted molar refractivity (Wildman–Crippen MR) is 81.6 cm³/mol. The average Bonchev–Trinajstić information content (AvgIpc) is 2.50. The first kappa shape index (κ1) is 17.0. The quantitative estimate of drug-likeness (QED) is 0.828. The molecule has 0 unspecified atom stereocenters. The van der Waals surface area contributed by atoms with E-state index in [0.717, 1.165) is 6.07 Å². The molecule has 0 radical (unpaired) electrons. The van der Waals surface area contributed by atoms with Crippen LogP contribution in [0.25, 0.3) is 0 Å². The minimum Gasteiger partial charge on any atom is -0.435 e. The summed E-state index contributed by atoms with van der Waals surface area (Å²) in [5.41, 5.74) is 0.498. The van der Waals surface area contributed by atoms with Crippen molar-refractivity contribution >= 4 is 28.9 Å². The molecule has 0 fully saturated rings. The lowest BCUT2D eigenvalue weighted by Crippen LogP contribution is -2.22. The zero-order valence-corrected chi connectivity index (χ0v) is 12.4. The van der Waals surface area contributed by atoms with E-state index in [1.54, 1.807) is 0 Å². The first-order valence-corrected chi connectivity index (χ1v) is 6.85. The van der Waals surface area contributed by atoms with E-state index in [0.29, 0.717) is 10.7 Å². The fourth-order valence-electron chi connectivity index (χ4n) is 1.72. The Morgan fingerprint density at radius 1 is 1.17 bits per heavy atom. The number of carbonyl (C=O) groups is 1. The molecule has 0 saturated carbocycles. The molecule has 0 aliphatic rings. The number of rotatable bonds is 6. The molecule has 2 rings (SSSR count). The van der Waals surface area contributed by atoms with Gasteiger partial charge in [-0.1, -0.05) is 11.6 Å². The number of halogens is 4. The highest BCUT2D eigenvalue weighted by atomic mass is 35.5. The fraction of sp³-hybridized carbons (Fsp3) is 0.133. The van der Waals surface area contributed by atoms with Gasteiger partial charge < -0.3 is 15.4 Å². The SMILES string of the molecule is O=C(CNc1ccc(OC(F)F)cc1)Nc1cc(Cl)ccc1F. The highest BCUT2D eigenvalue weighted by Crippen LogP contribution is 2.20. The Labute approximate surface area is 135 Å². The van der Waals surface area contributed by atoms with Crippen molar-refractivity contribution in [3.8, 4) is 5.75 Å². The first-order chi connectivity index (χ1) is 10.9. The van der Waals surface area contributed by atoms with Gasteiger partial charge in [-0.3, -0.25) is 4.79 Å². The Morgan fingerprint density at radius 3 is 2.52 bits per heavy atom. The molecule has 0 saturated heterocycles. The highest BCUT2D eigenvalue weighted by Gasteiger charge is 2.08. The number of anilines is 2. The molecule has 0 bridgehead atoms. The monoisotopic (exact) mass is 344 g/mol. The van der Waals surface area contributed by atoms with Gasteiger partial charge in [0.1, 0.15) is 11.6 Å². The molecule has 0 atom stereocenters. The topological polar surface area (TPSA) is 50.4 Å². The van der Waals surface area contributed by atoms with E-state index in [1.165, 1.54) is 36.4 Å². The molecule has 2 aromatic carbocycles. The van der Waals surface area contributed by atoms with Crippen LogP contribution in [0.3, 0.4) is 0 Å². The lowest BCUT2D eigenvalue weighted by atomic mass is 10.3. The predicted octanol–water partition coefficient (Wildman–Crippen LogP) is 4.13. The molecule has 0 aliphatic carbocycles. The summed E-state index contributed by atoms with van der Waals surface area (Å²) in [5.74, 6) is -1.08. The van der Waals surface area contributed by atoms with Gasteiger partial charge in [0.25, 0.3) is 0 Å². The molecule has 23 heavy (non-hydrogen) atoms. The molecular weight excluding hydrogens is 333 g/mol. The van der Waals surface area contributed by atoms with Crippen molar-refractivity contribution in [1.29, 1.82) is 0 Å². The molecule has 2 aromatic rings. The molecule has 4 nitrogen and oxygen atoms in total. The normalized spacial score (nSPS) is 10.5. The maximum absolute atomic E-state index is 13.5. The van der Waals surface area contributed by atoms with Gasteiger partial charge in [-0.05, 0) is 42.5 Å². The van der Waals surface area contributed by atoms with E-state index < -0.39 is 18.3 Å². The molecule has 122 valence electrons. The minimum atomic E-state index is -2.90. The van der Waals surface area contributed by atoms with Crippen molar-refractivity contribution in [2.24, 2.45) is 0 Å². The van der Waals surface area contributed by atoms with Gasteiger partial charge in [-0.15, -0.1) is 0 Å². The van der Waals surface area contributed by atoms with Crippen LogP contribution in [0.1, 0.15) is 0 Å². The number of benzene rings is 2. The Bertz CT molecular complexity index is 681. The van der Waals surface area contributed by atoms with Crippen LogP contribution in [0.2, 0.25) is 5.02 Å². The van der Waals surface area contributed by atoms with Crippen molar-refractivity contribution in [3.05, 3.63) is 53.3 Å². The summed E-state index contributed by atoms with van der Waals surface area (Å²) in [6.07, 6.45) is 0. The van der Waals surface area contributed by atoms with E-state index >= 15 is 0 Å². The van der Waals surface area contributed by atoms with Crippen LogP contribution >= 0.6 is 11.6 Å². The lowest BCUT2D eigenvalue weighted by molar-refractivity contribution is -0.114. The molecule has 0 aliphatic heterocycles. The Kier molecular flexibility index (Phi) is 5.70. The number of ether oxygens (including phenoxy) is 1. The van der Waals surface area contributed by atoms with Crippen LogP contribution in [-0.4, -0.2) is 19.1 Å². The van der Waals surface area contributed by atoms with Gasteiger partial charge in [-0.2, -0.15) is 8.78 Å². The smallest absolute Gasteiger partial charge is 0.387 e. The molecule has 0 heterocycles. The Hall–Kier alpha value is -2.41. The first-order valence-electron chi connectivity index (χ1n) is 6.47. The molecule has 1 amide bonds. The van der Waals surface area contributed by atoms with E-state index in [2.05, 4.69) is 15.4 Å². The fourth-order valence-corrected chi connectivity index (χ4v) is 1.90. The second kappa shape index (κ2) is 7.73. The summed E-state index contributed by atoms with van der Waals surface area (Å²) in [5, 5.41) is 5.44. The standard InChI is InChI=1S/C15H12ClF3N2O2/c16-9-1-6-12(17)13(7-9)21-14(22)8-20-10-2-4-11(5-3-10)23-15(18)19/h1-7,15,20H,8H2,(H,21,22). The number of amides is 1. The zero-order valence-electron chi connectivity index (χ0n) is 11.7. The van der Waals surface area contributed by atoms with E-state index in [9.17, 15) is 18.0 Å². The van der Waals surface area contributed by atoms with Gasteiger partial charge in [-0.25, -0.2) is 4.39 Å². The highest BCUT2D eigenvalue weighted by molar-refractivity contribution is 6.30. The summed E-state index contributed by atoms with van der Waals surface area (Å²) in [6.45, 7) is -3.03. The summed E-state index contributed by atoms with van der Waals surface area (Å²) in [4.78, 5) is 11.8. The third-order valence-corrected chi connectivity index (χ3v) is 2.97. The number of hydrogen-bond acceptors (Lipinski definition) is 3. The third-order valence-electron chi connectivity index (χ3n) is 2.74. The van der Waals surface area contributed by atoms with Gasteiger partial charge in [0, 0.05) is 10.7 Å². The number of nitrogens with one attached hydrogen (secondary N) is 2. The second-order valence-corrected chi connectivity index (χ2v) is 4.87. The van der Waals surface area contributed by atoms with E-state index in [4.69, 9.17) is 11.6 Å². The Morgan fingerprint density at radius 2 is 1.87 bits per heavy atom. The summed E-state index contributed by atoms with van der Waals surface area (Å²) >= 11 is 5.73. The maximum Gasteiger partial charge on any atom is 0.387 e. The zero-order chi connectivity index (χ0) is 16.8. The molecule has 2 N–H and O–H groups in total. The average molecular weight is 345 g/mol. The lowest BCUT2D eigenvalue weighted by Gasteiger charge is -2.10. The summed E-state index contributed by atoms with van der Waals surface area (Å²) in [6, 6.07) is 9.44. The van der Waals surface area contributed by atoms with E-state index in [1.807, 2.05) is 0 Å². The van der Waals surface area contributed by atoms with E-state index in [-0.39, 0.29) is 18.0 Å². The van der Waals surface area contributed by atoms with Crippen molar-refractivity contribution in [2.45, 2.75) is 6.61 Å².